The number of imidazole rings is 2. The highest BCUT2D eigenvalue weighted by molar-refractivity contribution is 5.76. The predicted molar refractivity (Wildman–Crippen MR) is 112 cm³/mol. The van der Waals surface area contributed by atoms with Crippen molar-refractivity contribution < 1.29 is 4.74 Å². The number of benzene rings is 1. The Hall–Kier alpha value is -3.29. The Balaban J connectivity index is 1.99. The molecule has 0 saturated heterocycles. The van der Waals surface area contributed by atoms with Crippen LogP contribution in [0.3, 0.4) is 0 Å². The average Bonchev–Trinajstić information content (AvgIpc) is 3.22. The first kappa shape index (κ1) is 19.0. The van der Waals surface area contributed by atoms with Crippen molar-refractivity contribution in [2.45, 2.75) is 40.3 Å². The molecule has 0 amide bonds. The van der Waals surface area contributed by atoms with Crippen LogP contribution in [0.4, 0.5) is 0 Å². The van der Waals surface area contributed by atoms with Crippen molar-refractivity contribution in [3.8, 4) is 5.75 Å². The van der Waals surface area contributed by atoms with Crippen LogP contribution < -0.4 is 16.0 Å². The van der Waals surface area contributed by atoms with Crippen LogP contribution in [0.1, 0.15) is 30.3 Å². The number of nitrogens with zero attached hydrogens (tertiary/aromatic N) is 5. The van der Waals surface area contributed by atoms with Gasteiger partial charge in [-0.2, -0.15) is 4.98 Å². The first-order valence-corrected chi connectivity index (χ1v) is 9.69. The van der Waals surface area contributed by atoms with Crippen molar-refractivity contribution in [1.29, 1.82) is 0 Å². The van der Waals surface area contributed by atoms with Crippen molar-refractivity contribution in [2.24, 2.45) is 7.05 Å². The minimum Gasteiger partial charge on any atom is -0.497 e. The van der Waals surface area contributed by atoms with Crippen LogP contribution >= 0.6 is 0 Å². The molecule has 0 saturated carbocycles. The largest absolute Gasteiger partial charge is 0.497 e. The Bertz CT molecular complexity index is 1340. The monoisotopic (exact) mass is 395 g/mol. The lowest BCUT2D eigenvalue weighted by molar-refractivity contribution is 0.414. The zero-order valence-electron chi connectivity index (χ0n) is 17.4. The van der Waals surface area contributed by atoms with Gasteiger partial charge in [-0.3, -0.25) is 18.3 Å². The summed E-state index contributed by atoms with van der Waals surface area (Å²) in [5, 5.41) is 0. The van der Waals surface area contributed by atoms with Crippen LogP contribution in [0.2, 0.25) is 0 Å². The number of methoxy groups -OCH3 is 1. The summed E-state index contributed by atoms with van der Waals surface area (Å²) < 4.78 is 11.9. The Morgan fingerprint density at radius 3 is 2.34 bits per heavy atom. The van der Waals surface area contributed by atoms with E-state index in [9.17, 15) is 9.59 Å². The van der Waals surface area contributed by atoms with Gasteiger partial charge in [0.1, 0.15) is 5.75 Å². The lowest BCUT2D eigenvalue weighted by atomic mass is 10.2. The fourth-order valence-electron chi connectivity index (χ4n) is 3.84. The summed E-state index contributed by atoms with van der Waals surface area (Å²) in [6, 6.07) is 7.87. The van der Waals surface area contributed by atoms with Crippen LogP contribution in [0.25, 0.3) is 16.9 Å². The molecule has 8 nitrogen and oxygen atoms in total. The minimum absolute atomic E-state index is 0.290. The molecule has 0 N–H and O–H groups in total. The number of aryl methyl sites for hydroxylation is 2. The second-order valence-corrected chi connectivity index (χ2v) is 7.32. The maximum atomic E-state index is 13.1. The lowest BCUT2D eigenvalue weighted by Gasteiger charge is -2.08. The molecule has 29 heavy (non-hydrogen) atoms. The Morgan fingerprint density at radius 1 is 1.03 bits per heavy atom. The van der Waals surface area contributed by atoms with Crippen LogP contribution in [0.5, 0.6) is 5.75 Å². The summed E-state index contributed by atoms with van der Waals surface area (Å²) >= 11 is 0. The number of fused-ring (bicyclic) bond motifs is 3. The van der Waals surface area contributed by atoms with Crippen molar-refractivity contribution in [3.63, 3.8) is 0 Å². The topological polar surface area (TPSA) is 75.5 Å². The highest BCUT2D eigenvalue weighted by Crippen LogP contribution is 2.22. The van der Waals surface area contributed by atoms with E-state index in [0.717, 1.165) is 22.7 Å². The van der Waals surface area contributed by atoms with Gasteiger partial charge in [0, 0.05) is 25.0 Å². The first-order chi connectivity index (χ1) is 13.9. The Morgan fingerprint density at radius 2 is 1.72 bits per heavy atom. The zero-order chi connectivity index (χ0) is 20.9. The fraction of sp³-hybridized carbons (Fsp3) is 0.381. The second kappa shape index (κ2) is 6.95. The molecule has 3 heterocycles. The first-order valence-electron chi connectivity index (χ1n) is 9.69. The van der Waals surface area contributed by atoms with Gasteiger partial charge >= 0.3 is 5.69 Å². The molecule has 0 radical (unpaired) electrons. The summed E-state index contributed by atoms with van der Waals surface area (Å²) in [5.41, 5.74) is 3.30. The molecule has 0 atom stereocenters. The second-order valence-electron chi connectivity index (χ2n) is 7.32. The summed E-state index contributed by atoms with van der Waals surface area (Å²) in [7, 11) is 3.31. The number of hydrogen-bond acceptors (Lipinski definition) is 4. The van der Waals surface area contributed by atoms with Crippen LogP contribution in [0, 0.1) is 13.8 Å². The van der Waals surface area contributed by atoms with Gasteiger partial charge in [0.15, 0.2) is 11.2 Å². The van der Waals surface area contributed by atoms with Crippen molar-refractivity contribution in [2.75, 3.05) is 7.11 Å². The smallest absolute Gasteiger partial charge is 0.332 e. The van der Waals surface area contributed by atoms with E-state index < -0.39 is 0 Å². The molecule has 0 aliphatic carbocycles. The molecule has 4 aromatic rings. The third kappa shape index (κ3) is 2.78. The van der Waals surface area contributed by atoms with E-state index in [1.54, 1.807) is 14.2 Å². The quantitative estimate of drug-likeness (QED) is 0.519. The molecule has 1 aromatic carbocycles. The minimum atomic E-state index is -0.332. The number of hydrogen-bond donors (Lipinski definition) is 0. The highest BCUT2D eigenvalue weighted by Gasteiger charge is 2.22. The van der Waals surface area contributed by atoms with Gasteiger partial charge in [0.25, 0.3) is 5.56 Å². The highest BCUT2D eigenvalue weighted by atomic mass is 16.5. The third-order valence-corrected chi connectivity index (χ3v) is 5.58. The maximum absolute atomic E-state index is 13.1. The van der Waals surface area contributed by atoms with Crippen LogP contribution in [0.15, 0.2) is 33.9 Å². The molecule has 0 aliphatic rings. The van der Waals surface area contributed by atoms with Crippen molar-refractivity contribution in [3.05, 3.63) is 62.1 Å². The Kier molecular flexibility index (Phi) is 4.56. The molecular weight excluding hydrogens is 370 g/mol. The molecule has 0 fully saturated rings. The number of ether oxygens (including phenoxy) is 1. The molecule has 0 bridgehead atoms. The van der Waals surface area contributed by atoms with Gasteiger partial charge in [-0.25, -0.2) is 4.79 Å². The van der Waals surface area contributed by atoms with Gasteiger partial charge in [0.2, 0.25) is 5.78 Å². The number of aromatic nitrogens is 5. The zero-order valence-corrected chi connectivity index (χ0v) is 17.4. The van der Waals surface area contributed by atoms with E-state index in [1.165, 1.54) is 9.13 Å². The molecule has 152 valence electrons. The molecule has 0 aliphatic heterocycles. The maximum Gasteiger partial charge on any atom is 0.332 e. The predicted octanol–water partition coefficient (Wildman–Crippen LogP) is 2.23. The van der Waals surface area contributed by atoms with Crippen LogP contribution in [-0.2, 0) is 20.1 Å². The van der Waals surface area contributed by atoms with Gasteiger partial charge in [0.05, 0.1) is 13.7 Å². The normalized spacial score (nSPS) is 11.6. The van der Waals surface area contributed by atoms with E-state index in [4.69, 9.17) is 9.72 Å². The van der Waals surface area contributed by atoms with E-state index in [-0.39, 0.29) is 11.2 Å². The fourth-order valence-corrected chi connectivity index (χ4v) is 3.84. The molecule has 8 heteroatoms. The lowest BCUT2D eigenvalue weighted by Crippen LogP contribution is -2.39. The van der Waals surface area contributed by atoms with E-state index >= 15 is 0 Å². The number of rotatable bonds is 5. The van der Waals surface area contributed by atoms with Gasteiger partial charge in [-0.05, 0) is 38.0 Å². The molecule has 3 aromatic heterocycles. The SMILES string of the molecule is CCCn1c(=O)c2c(nc3n(Cc4ccc(OC)cc4)c(C)c(C)n23)n(C)c1=O. The summed E-state index contributed by atoms with van der Waals surface area (Å²) in [6.07, 6.45) is 0.707. The molecule has 0 unspecified atom stereocenters. The van der Waals surface area contributed by atoms with Crippen molar-refractivity contribution in [1.82, 2.24) is 23.1 Å². The average molecular weight is 395 g/mol. The van der Waals surface area contributed by atoms with Crippen molar-refractivity contribution >= 4 is 16.9 Å². The molecule has 0 spiro atoms. The summed E-state index contributed by atoms with van der Waals surface area (Å²) in [6.45, 7) is 6.93. The van der Waals surface area contributed by atoms with Gasteiger partial charge in [-0.15, -0.1) is 0 Å². The Labute approximate surface area is 167 Å². The molecule has 4 rings (SSSR count). The van der Waals surface area contributed by atoms with Crippen LogP contribution in [-0.4, -0.2) is 30.2 Å². The van der Waals surface area contributed by atoms with E-state index in [0.29, 0.717) is 36.5 Å². The summed E-state index contributed by atoms with van der Waals surface area (Å²) in [4.78, 5) is 30.5. The standard InChI is InChI=1S/C21H25N5O3/c1-6-11-24-19(27)17-18(23(4)21(24)28)22-20-25(13(2)14(3)26(17)20)12-15-7-9-16(29-5)10-8-15/h7-10H,6,11-12H2,1-5H3. The third-order valence-electron chi connectivity index (χ3n) is 5.58. The van der Waals surface area contributed by atoms with E-state index in [2.05, 4.69) is 4.57 Å². The summed E-state index contributed by atoms with van der Waals surface area (Å²) in [5.74, 6) is 1.46. The van der Waals surface area contributed by atoms with E-state index in [1.807, 2.05) is 49.4 Å². The molecular formula is C21H25N5O3. The van der Waals surface area contributed by atoms with Gasteiger partial charge < -0.3 is 9.30 Å². The van der Waals surface area contributed by atoms with Gasteiger partial charge in [-0.1, -0.05) is 19.1 Å².